The highest BCUT2D eigenvalue weighted by molar-refractivity contribution is 7.92. The Bertz CT molecular complexity index is 578. The molecule has 1 aliphatic rings. The van der Waals surface area contributed by atoms with Gasteiger partial charge in [0.1, 0.15) is 11.5 Å². The summed E-state index contributed by atoms with van der Waals surface area (Å²) in [5, 5.41) is 3.20. The largest absolute Gasteiger partial charge is 0.314 e. The van der Waals surface area contributed by atoms with Crippen molar-refractivity contribution in [1.29, 1.82) is 0 Å². The molecule has 0 bridgehead atoms. The van der Waals surface area contributed by atoms with E-state index >= 15 is 0 Å². The number of nitrogens with one attached hydrogen (secondary N) is 2. The maximum atomic E-state index is 13.4. The molecule has 1 atom stereocenters. The molecule has 1 aromatic rings. The molecule has 0 aromatic heterocycles. The van der Waals surface area contributed by atoms with Crippen molar-refractivity contribution in [1.82, 2.24) is 5.32 Å². The van der Waals surface area contributed by atoms with Crippen LogP contribution >= 0.6 is 0 Å². The fourth-order valence-electron chi connectivity index (χ4n) is 2.31. The van der Waals surface area contributed by atoms with Gasteiger partial charge >= 0.3 is 0 Å². The molecule has 1 aliphatic heterocycles. The minimum Gasteiger partial charge on any atom is -0.314 e. The maximum absolute atomic E-state index is 13.4. The van der Waals surface area contributed by atoms with Crippen LogP contribution in [-0.2, 0) is 10.0 Å². The lowest BCUT2D eigenvalue weighted by molar-refractivity contribution is 0.393. The lowest BCUT2D eigenvalue weighted by Crippen LogP contribution is -2.36. The first-order chi connectivity index (χ1) is 9.87. The van der Waals surface area contributed by atoms with E-state index in [1.807, 2.05) is 4.72 Å². The van der Waals surface area contributed by atoms with Gasteiger partial charge in [-0.1, -0.05) is 6.42 Å². The molecule has 1 unspecified atom stereocenters. The molecular weight excluding hydrogens is 305 g/mol. The van der Waals surface area contributed by atoms with E-state index < -0.39 is 33.2 Å². The summed E-state index contributed by atoms with van der Waals surface area (Å²) in [4.78, 5) is 0. The minimum absolute atomic E-state index is 0.0956. The zero-order valence-electron chi connectivity index (χ0n) is 11.3. The first kappa shape index (κ1) is 16.1. The normalized spacial score (nSPS) is 19.5. The van der Waals surface area contributed by atoms with Crippen LogP contribution < -0.4 is 10.0 Å². The number of hydrogen-bond acceptors (Lipinski definition) is 3. The smallest absolute Gasteiger partial charge is 0.232 e. The average molecular weight is 322 g/mol. The first-order valence-electron chi connectivity index (χ1n) is 6.76. The van der Waals surface area contributed by atoms with E-state index in [1.165, 1.54) is 0 Å². The van der Waals surface area contributed by atoms with Gasteiger partial charge in [0.15, 0.2) is 11.6 Å². The van der Waals surface area contributed by atoms with Gasteiger partial charge < -0.3 is 5.32 Å². The Balaban J connectivity index is 2.00. The Kier molecular flexibility index (Phi) is 5.10. The standard InChI is InChI=1S/C13H17F3N2O2S/c14-9-7-11(15)13(12(16)8-9)18-21(19,20)6-4-10-3-1-2-5-17-10/h7-8,10,17-18H,1-6H2. The summed E-state index contributed by atoms with van der Waals surface area (Å²) in [6.45, 7) is 0.847. The van der Waals surface area contributed by atoms with E-state index in [9.17, 15) is 21.6 Å². The molecule has 0 spiro atoms. The number of hydrogen-bond donors (Lipinski definition) is 2. The number of sulfonamides is 1. The summed E-state index contributed by atoms with van der Waals surface area (Å²) in [5.74, 6) is -3.89. The van der Waals surface area contributed by atoms with Crippen LogP contribution in [0.25, 0.3) is 0 Å². The Labute approximate surface area is 121 Å². The molecule has 0 radical (unpaired) electrons. The molecule has 2 rings (SSSR count). The van der Waals surface area contributed by atoms with Crippen LogP contribution in [0, 0.1) is 17.5 Å². The number of halogens is 3. The van der Waals surface area contributed by atoms with Crippen LogP contribution in [0.5, 0.6) is 0 Å². The van der Waals surface area contributed by atoms with Crippen LogP contribution in [0.15, 0.2) is 12.1 Å². The van der Waals surface area contributed by atoms with Crippen LogP contribution in [0.2, 0.25) is 0 Å². The van der Waals surface area contributed by atoms with Crippen molar-refractivity contribution in [2.24, 2.45) is 0 Å². The Morgan fingerprint density at radius 3 is 2.43 bits per heavy atom. The minimum atomic E-state index is -3.88. The molecule has 0 amide bonds. The van der Waals surface area contributed by atoms with Crippen molar-refractivity contribution in [3.05, 3.63) is 29.6 Å². The van der Waals surface area contributed by atoms with E-state index in [4.69, 9.17) is 0 Å². The van der Waals surface area contributed by atoms with Gasteiger partial charge in [-0.3, -0.25) is 4.72 Å². The molecule has 118 valence electrons. The number of piperidine rings is 1. The molecule has 4 nitrogen and oxygen atoms in total. The molecule has 0 saturated carbocycles. The van der Waals surface area contributed by atoms with Gasteiger partial charge in [-0.25, -0.2) is 21.6 Å². The summed E-state index contributed by atoms with van der Waals surface area (Å²) < 4.78 is 65.2. The van der Waals surface area contributed by atoms with Gasteiger partial charge in [-0.05, 0) is 25.8 Å². The van der Waals surface area contributed by atoms with Gasteiger partial charge in [0, 0.05) is 18.2 Å². The van der Waals surface area contributed by atoms with Crippen LogP contribution in [-0.4, -0.2) is 26.8 Å². The Morgan fingerprint density at radius 2 is 1.86 bits per heavy atom. The highest BCUT2D eigenvalue weighted by Crippen LogP contribution is 2.22. The van der Waals surface area contributed by atoms with Crippen molar-refractivity contribution >= 4 is 15.7 Å². The van der Waals surface area contributed by atoms with Crippen LogP contribution in [0.4, 0.5) is 18.9 Å². The second-order valence-corrected chi connectivity index (χ2v) is 6.94. The van der Waals surface area contributed by atoms with Gasteiger partial charge in [-0.15, -0.1) is 0 Å². The van der Waals surface area contributed by atoms with E-state index in [1.54, 1.807) is 0 Å². The van der Waals surface area contributed by atoms with Gasteiger partial charge in [0.05, 0.1) is 5.75 Å². The lowest BCUT2D eigenvalue weighted by atomic mass is 10.0. The van der Waals surface area contributed by atoms with Crippen molar-refractivity contribution in [2.45, 2.75) is 31.7 Å². The predicted octanol–water partition coefficient (Wildman–Crippen LogP) is 2.38. The third-order valence-electron chi connectivity index (χ3n) is 3.41. The molecule has 1 saturated heterocycles. The fourth-order valence-corrected chi connectivity index (χ4v) is 3.52. The maximum Gasteiger partial charge on any atom is 0.232 e. The van der Waals surface area contributed by atoms with Crippen molar-refractivity contribution < 1.29 is 21.6 Å². The van der Waals surface area contributed by atoms with Crippen LogP contribution in [0.1, 0.15) is 25.7 Å². The summed E-state index contributed by atoms with van der Waals surface area (Å²) in [6.07, 6.45) is 3.34. The average Bonchev–Trinajstić information content (AvgIpc) is 2.42. The van der Waals surface area contributed by atoms with Crippen molar-refractivity contribution in [3.8, 4) is 0 Å². The zero-order chi connectivity index (χ0) is 15.5. The second-order valence-electron chi connectivity index (χ2n) is 5.10. The molecule has 1 fully saturated rings. The Morgan fingerprint density at radius 1 is 1.19 bits per heavy atom. The molecule has 0 aliphatic carbocycles. The summed E-state index contributed by atoms with van der Waals surface area (Å²) in [6, 6.07) is 0.964. The summed E-state index contributed by atoms with van der Waals surface area (Å²) >= 11 is 0. The predicted molar refractivity (Wildman–Crippen MR) is 74.0 cm³/mol. The summed E-state index contributed by atoms with van der Waals surface area (Å²) in [5.41, 5.74) is -0.840. The van der Waals surface area contributed by atoms with Gasteiger partial charge in [0.2, 0.25) is 10.0 Å². The van der Waals surface area contributed by atoms with Gasteiger partial charge in [0.25, 0.3) is 0 Å². The van der Waals surface area contributed by atoms with E-state index in [0.29, 0.717) is 18.6 Å². The van der Waals surface area contributed by atoms with Gasteiger partial charge in [-0.2, -0.15) is 0 Å². The first-order valence-corrected chi connectivity index (χ1v) is 8.41. The molecular formula is C13H17F3N2O2S. The van der Waals surface area contributed by atoms with Crippen molar-refractivity contribution in [2.75, 3.05) is 17.0 Å². The lowest BCUT2D eigenvalue weighted by Gasteiger charge is -2.23. The van der Waals surface area contributed by atoms with Crippen molar-refractivity contribution in [3.63, 3.8) is 0 Å². The van der Waals surface area contributed by atoms with Crippen LogP contribution in [0.3, 0.4) is 0 Å². The number of rotatable bonds is 5. The topological polar surface area (TPSA) is 58.2 Å². The molecule has 8 heteroatoms. The molecule has 1 aromatic carbocycles. The number of anilines is 1. The highest BCUT2D eigenvalue weighted by atomic mass is 32.2. The fraction of sp³-hybridized carbons (Fsp3) is 0.538. The third-order valence-corrected chi connectivity index (χ3v) is 4.70. The summed E-state index contributed by atoms with van der Waals surface area (Å²) in [7, 11) is -3.88. The molecule has 2 N–H and O–H groups in total. The molecule has 21 heavy (non-hydrogen) atoms. The number of benzene rings is 1. The highest BCUT2D eigenvalue weighted by Gasteiger charge is 2.21. The SMILES string of the molecule is O=S(=O)(CCC1CCCCN1)Nc1c(F)cc(F)cc1F. The third kappa shape index (κ3) is 4.60. The van der Waals surface area contributed by atoms with E-state index in [-0.39, 0.29) is 11.8 Å². The van der Waals surface area contributed by atoms with E-state index in [2.05, 4.69) is 5.32 Å². The quantitative estimate of drug-likeness (QED) is 0.875. The monoisotopic (exact) mass is 322 g/mol. The second kappa shape index (κ2) is 6.65. The Hall–Kier alpha value is -1.28. The molecule has 1 heterocycles. The van der Waals surface area contributed by atoms with E-state index in [0.717, 1.165) is 25.8 Å². The zero-order valence-corrected chi connectivity index (χ0v) is 12.1.